The first-order valence-electron chi connectivity index (χ1n) is 5.67. The molecule has 0 aromatic carbocycles. The number of hydrogen-bond donors (Lipinski definition) is 3. The minimum absolute atomic E-state index is 0.202. The SMILES string of the molecule is O[C@H]1[C@H](O)O[C@@H]2COC(c3cccs3)OC2[C@@H]1O. The summed E-state index contributed by atoms with van der Waals surface area (Å²) in [6.07, 6.45) is -5.81. The Kier molecular flexibility index (Phi) is 3.37. The molecule has 2 aliphatic rings. The molecule has 2 saturated heterocycles. The molecule has 0 saturated carbocycles. The van der Waals surface area contributed by atoms with Crippen LogP contribution in [-0.4, -0.2) is 52.6 Å². The lowest BCUT2D eigenvalue weighted by Gasteiger charge is -2.44. The van der Waals surface area contributed by atoms with E-state index in [0.717, 1.165) is 4.88 Å². The molecule has 2 unspecified atom stereocenters. The molecule has 0 bridgehead atoms. The summed E-state index contributed by atoms with van der Waals surface area (Å²) in [5.74, 6) is 0. The van der Waals surface area contributed by atoms with Crippen molar-refractivity contribution in [3.05, 3.63) is 22.4 Å². The maximum Gasteiger partial charge on any atom is 0.193 e. The van der Waals surface area contributed by atoms with E-state index in [0.29, 0.717) is 0 Å². The molecule has 6 nitrogen and oxygen atoms in total. The van der Waals surface area contributed by atoms with Crippen molar-refractivity contribution in [3.63, 3.8) is 0 Å². The highest BCUT2D eigenvalue weighted by atomic mass is 32.1. The Hall–Kier alpha value is -0.540. The van der Waals surface area contributed by atoms with Gasteiger partial charge in [-0.3, -0.25) is 0 Å². The molecule has 3 heterocycles. The summed E-state index contributed by atoms with van der Waals surface area (Å²) in [5.41, 5.74) is 0. The lowest BCUT2D eigenvalue weighted by atomic mass is 9.98. The second-order valence-electron chi connectivity index (χ2n) is 4.33. The first-order valence-corrected chi connectivity index (χ1v) is 6.55. The smallest absolute Gasteiger partial charge is 0.193 e. The Morgan fingerprint density at radius 3 is 2.72 bits per heavy atom. The number of hydrogen-bond acceptors (Lipinski definition) is 7. The number of aliphatic hydroxyl groups is 3. The van der Waals surface area contributed by atoms with Crippen molar-refractivity contribution in [3.8, 4) is 0 Å². The van der Waals surface area contributed by atoms with Crippen LogP contribution in [0.15, 0.2) is 17.5 Å². The van der Waals surface area contributed by atoms with Crippen LogP contribution in [0.2, 0.25) is 0 Å². The lowest BCUT2D eigenvalue weighted by molar-refractivity contribution is -0.354. The van der Waals surface area contributed by atoms with Crippen LogP contribution in [0, 0.1) is 0 Å². The molecule has 100 valence electrons. The quantitative estimate of drug-likeness (QED) is 0.646. The summed E-state index contributed by atoms with van der Waals surface area (Å²) in [7, 11) is 0. The van der Waals surface area contributed by atoms with E-state index in [1.807, 2.05) is 17.5 Å². The van der Waals surface area contributed by atoms with Gasteiger partial charge in [0.1, 0.15) is 24.4 Å². The first-order chi connectivity index (χ1) is 8.66. The van der Waals surface area contributed by atoms with Crippen LogP contribution in [0.1, 0.15) is 11.2 Å². The zero-order valence-corrected chi connectivity index (χ0v) is 10.2. The van der Waals surface area contributed by atoms with E-state index in [4.69, 9.17) is 14.2 Å². The molecule has 7 heteroatoms. The van der Waals surface area contributed by atoms with Gasteiger partial charge in [0.15, 0.2) is 12.6 Å². The molecule has 2 aliphatic heterocycles. The van der Waals surface area contributed by atoms with Crippen molar-refractivity contribution < 1.29 is 29.5 Å². The third kappa shape index (κ3) is 2.08. The van der Waals surface area contributed by atoms with Crippen LogP contribution in [0.25, 0.3) is 0 Å². The molecular weight excluding hydrogens is 260 g/mol. The Balaban J connectivity index is 1.75. The summed E-state index contributed by atoms with van der Waals surface area (Å²) in [6.45, 7) is 0.202. The molecule has 3 N–H and O–H groups in total. The zero-order valence-electron chi connectivity index (χ0n) is 9.38. The molecule has 0 radical (unpaired) electrons. The highest BCUT2D eigenvalue weighted by Gasteiger charge is 2.48. The predicted molar refractivity (Wildman–Crippen MR) is 60.8 cm³/mol. The van der Waals surface area contributed by atoms with Gasteiger partial charge in [-0.1, -0.05) is 6.07 Å². The van der Waals surface area contributed by atoms with Crippen LogP contribution in [0.4, 0.5) is 0 Å². The van der Waals surface area contributed by atoms with Crippen LogP contribution >= 0.6 is 11.3 Å². The summed E-state index contributed by atoms with van der Waals surface area (Å²) in [4.78, 5) is 0.890. The lowest BCUT2D eigenvalue weighted by Crippen LogP contribution is -2.61. The van der Waals surface area contributed by atoms with Gasteiger partial charge >= 0.3 is 0 Å². The van der Waals surface area contributed by atoms with Gasteiger partial charge < -0.3 is 29.5 Å². The fraction of sp³-hybridized carbons (Fsp3) is 0.636. The second kappa shape index (κ2) is 4.86. The highest BCUT2D eigenvalue weighted by Crippen LogP contribution is 2.34. The van der Waals surface area contributed by atoms with E-state index >= 15 is 0 Å². The largest absolute Gasteiger partial charge is 0.387 e. The van der Waals surface area contributed by atoms with Crippen molar-refractivity contribution in [1.82, 2.24) is 0 Å². The Morgan fingerprint density at radius 2 is 2.00 bits per heavy atom. The number of rotatable bonds is 1. The van der Waals surface area contributed by atoms with E-state index in [-0.39, 0.29) is 6.61 Å². The predicted octanol–water partition coefficient (Wildman–Crippen LogP) is -0.399. The fourth-order valence-corrected chi connectivity index (χ4v) is 2.87. The van der Waals surface area contributed by atoms with Crippen molar-refractivity contribution in [1.29, 1.82) is 0 Å². The van der Waals surface area contributed by atoms with Gasteiger partial charge in [-0.2, -0.15) is 0 Å². The zero-order chi connectivity index (χ0) is 12.7. The summed E-state index contributed by atoms with van der Waals surface area (Å²) >= 11 is 1.49. The average molecular weight is 274 g/mol. The van der Waals surface area contributed by atoms with Crippen LogP contribution in [0.3, 0.4) is 0 Å². The minimum atomic E-state index is -1.41. The molecule has 1 aromatic heterocycles. The molecule has 1 aromatic rings. The van der Waals surface area contributed by atoms with E-state index in [9.17, 15) is 15.3 Å². The minimum Gasteiger partial charge on any atom is -0.387 e. The number of aliphatic hydroxyl groups excluding tert-OH is 3. The standard InChI is InChI=1S/C11H14O6S/c12-7-8(13)10(14)16-5-4-15-11(17-9(5)7)6-2-1-3-18-6/h1-3,5,7-14H,4H2/t5-,7-,8-,9?,10-,11?/m1/s1. The second-order valence-corrected chi connectivity index (χ2v) is 5.31. The maximum absolute atomic E-state index is 9.89. The Morgan fingerprint density at radius 1 is 1.17 bits per heavy atom. The van der Waals surface area contributed by atoms with E-state index < -0.39 is 37.0 Å². The van der Waals surface area contributed by atoms with Gasteiger partial charge in [-0.15, -0.1) is 11.3 Å². The third-order valence-electron chi connectivity index (χ3n) is 3.13. The molecule has 6 atom stereocenters. The molecule has 0 spiro atoms. The Labute approximate surface area is 107 Å². The van der Waals surface area contributed by atoms with Crippen molar-refractivity contribution in [2.75, 3.05) is 6.61 Å². The van der Waals surface area contributed by atoms with Gasteiger partial charge in [0.25, 0.3) is 0 Å². The topological polar surface area (TPSA) is 88.4 Å². The first kappa shape index (κ1) is 12.5. The van der Waals surface area contributed by atoms with Crippen LogP contribution in [0.5, 0.6) is 0 Å². The van der Waals surface area contributed by atoms with Crippen molar-refractivity contribution in [2.45, 2.75) is 37.0 Å². The number of thiophene rings is 1. The maximum atomic E-state index is 9.89. The van der Waals surface area contributed by atoms with Crippen LogP contribution in [-0.2, 0) is 14.2 Å². The summed E-state index contributed by atoms with van der Waals surface area (Å²) in [5, 5.41) is 30.7. The Bertz CT molecular complexity index is 394. The molecule has 3 rings (SSSR count). The molecule has 0 aliphatic carbocycles. The van der Waals surface area contributed by atoms with Gasteiger partial charge in [-0.25, -0.2) is 0 Å². The van der Waals surface area contributed by atoms with Crippen molar-refractivity contribution in [2.24, 2.45) is 0 Å². The molecular formula is C11H14O6S. The van der Waals surface area contributed by atoms with Gasteiger partial charge in [0.05, 0.1) is 11.5 Å². The molecule has 2 fully saturated rings. The summed E-state index contributed by atoms with van der Waals surface area (Å²) in [6, 6.07) is 3.75. The monoisotopic (exact) mass is 274 g/mol. The van der Waals surface area contributed by atoms with E-state index in [1.165, 1.54) is 11.3 Å². The normalized spacial score (nSPS) is 44.6. The third-order valence-corrected chi connectivity index (χ3v) is 4.02. The van der Waals surface area contributed by atoms with Gasteiger partial charge in [0.2, 0.25) is 0 Å². The van der Waals surface area contributed by atoms with E-state index in [1.54, 1.807) is 0 Å². The average Bonchev–Trinajstić information content (AvgIpc) is 2.90. The van der Waals surface area contributed by atoms with E-state index in [2.05, 4.69) is 0 Å². The van der Waals surface area contributed by atoms with Crippen LogP contribution < -0.4 is 0 Å². The molecule has 18 heavy (non-hydrogen) atoms. The fourth-order valence-electron chi connectivity index (χ4n) is 2.16. The number of fused-ring (bicyclic) bond motifs is 1. The highest BCUT2D eigenvalue weighted by molar-refractivity contribution is 7.10. The molecule has 0 amide bonds. The van der Waals surface area contributed by atoms with Gasteiger partial charge in [-0.05, 0) is 11.4 Å². The van der Waals surface area contributed by atoms with Crippen molar-refractivity contribution >= 4 is 11.3 Å². The van der Waals surface area contributed by atoms with Gasteiger partial charge in [0, 0.05) is 0 Å². The number of ether oxygens (including phenoxy) is 3. The summed E-state index contributed by atoms with van der Waals surface area (Å²) < 4.78 is 16.2.